The fourth-order valence-electron chi connectivity index (χ4n) is 1.28. The maximum Gasteiger partial charge on any atom is 0.0541 e. The van der Waals surface area contributed by atoms with Gasteiger partial charge in [0.15, 0.2) is 0 Å². The van der Waals surface area contributed by atoms with E-state index < -0.39 is 0 Å². The molecule has 2 heteroatoms. The maximum absolute atomic E-state index is 9.37. The molecule has 0 spiro atoms. The lowest BCUT2D eigenvalue weighted by Gasteiger charge is -2.08. The number of aliphatic hydroxyl groups excluding tert-OH is 2. The van der Waals surface area contributed by atoms with Crippen LogP contribution < -0.4 is 0 Å². The van der Waals surface area contributed by atoms with E-state index >= 15 is 0 Å². The molecule has 0 bridgehead atoms. The molecule has 0 saturated carbocycles. The van der Waals surface area contributed by atoms with Crippen molar-refractivity contribution in [3.63, 3.8) is 0 Å². The third kappa shape index (κ3) is 8.02. The number of rotatable bonds is 8. The standard InChI is InChI=1S/C10H22O2/c1-2-3-4-5-7-10(12)8-6-9-11/h10-12H,2-9H2,1H3/t10-/m1/s1. The molecule has 2 nitrogen and oxygen atoms in total. The lowest BCUT2D eigenvalue weighted by atomic mass is 10.1. The summed E-state index contributed by atoms with van der Waals surface area (Å²) in [5.41, 5.74) is 0. The molecule has 0 aromatic carbocycles. The molecule has 0 fully saturated rings. The highest BCUT2D eigenvalue weighted by Gasteiger charge is 2.02. The Kier molecular flexibility index (Phi) is 8.95. The lowest BCUT2D eigenvalue weighted by molar-refractivity contribution is 0.138. The van der Waals surface area contributed by atoms with Crippen LogP contribution in [0.1, 0.15) is 51.9 Å². The van der Waals surface area contributed by atoms with E-state index in [4.69, 9.17) is 5.11 Å². The highest BCUT2D eigenvalue weighted by atomic mass is 16.3. The van der Waals surface area contributed by atoms with Crippen molar-refractivity contribution < 1.29 is 10.2 Å². The highest BCUT2D eigenvalue weighted by Crippen LogP contribution is 2.08. The van der Waals surface area contributed by atoms with E-state index in [1.807, 2.05) is 0 Å². The van der Waals surface area contributed by atoms with Crippen molar-refractivity contribution in [2.24, 2.45) is 0 Å². The third-order valence-corrected chi connectivity index (χ3v) is 2.09. The molecule has 12 heavy (non-hydrogen) atoms. The zero-order valence-electron chi connectivity index (χ0n) is 8.13. The van der Waals surface area contributed by atoms with E-state index in [0.29, 0.717) is 0 Å². The fraction of sp³-hybridized carbons (Fsp3) is 1.00. The Morgan fingerprint density at radius 2 is 1.67 bits per heavy atom. The van der Waals surface area contributed by atoms with Crippen molar-refractivity contribution in [2.75, 3.05) is 6.61 Å². The van der Waals surface area contributed by atoms with Crippen LogP contribution in [-0.4, -0.2) is 22.9 Å². The van der Waals surface area contributed by atoms with Gasteiger partial charge >= 0.3 is 0 Å². The van der Waals surface area contributed by atoms with Crippen LogP contribution in [0, 0.1) is 0 Å². The van der Waals surface area contributed by atoms with Crippen LogP contribution in [0.3, 0.4) is 0 Å². The van der Waals surface area contributed by atoms with E-state index in [-0.39, 0.29) is 12.7 Å². The second kappa shape index (κ2) is 9.01. The Morgan fingerprint density at radius 3 is 2.25 bits per heavy atom. The summed E-state index contributed by atoms with van der Waals surface area (Å²) in [6.07, 6.45) is 7.07. The Balaban J connectivity index is 3.02. The number of hydrogen-bond acceptors (Lipinski definition) is 2. The molecule has 0 aromatic heterocycles. The van der Waals surface area contributed by atoms with Crippen LogP contribution in [0.25, 0.3) is 0 Å². The van der Waals surface area contributed by atoms with Gasteiger partial charge in [0.1, 0.15) is 0 Å². The molecule has 0 aliphatic heterocycles. The summed E-state index contributed by atoms with van der Waals surface area (Å²) in [6, 6.07) is 0. The van der Waals surface area contributed by atoms with Gasteiger partial charge in [0.2, 0.25) is 0 Å². The van der Waals surface area contributed by atoms with Gasteiger partial charge in [-0.25, -0.2) is 0 Å². The molecule has 0 heterocycles. The Bertz CT molecular complexity index is 83.9. The van der Waals surface area contributed by atoms with Gasteiger partial charge in [-0.2, -0.15) is 0 Å². The molecule has 2 N–H and O–H groups in total. The fourth-order valence-corrected chi connectivity index (χ4v) is 1.28. The molecule has 0 aliphatic rings. The van der Waals surface area contributed by atoms with Crippen LogP contribution in [-0.2, 0) is 0 Å². The first-order valence-corrected chi connectivity index (χ1v) is 5.10. The van der Waals surface area contributed by atoms with Gasteiger partial charge in [-0.15, -0.1) is 0 Å². The average Bonchev–Trinajstić information content (AvgIpc) is 2.09. The summed E-state index contributed by atoms with van der Waals surface area (Å²) < 4.78 is 0. The molecular weight excluding hydrogens is 152 g/mol. The van der Waals surface area contributed by atoms with Gasteiger partial charge in [0, 0.05) is 6.61 Å². The normalized spacial score (nSPS) is 13.2. The SMILES string of the molecule is CCCCCC[C@@H](O)CCCO. The summed E-state index contributed by atoms with van der Waals surface area (Å²) >= 11 is 0. The molecule has 0 amide bonds. The Hall–Kier alpha value is -0.0800. The summed E-state index contributed by atoms with van der Waals surface area (Å²) in [6.45, 7) is 2.38. The number of aliphatic hydroxyl groups is 2. The Labute approximate surface area is 75.6 Å². The minimum atomic E-state index is -0.186. The minimum absolute atomic E-state index is 0.186. The molecule has 0 radical (unpaired) electrons. The molecule has 0 rings (SSSR count). The highest BCUT2D eigenvalue weighted by molar-refractivity contribution is 4.55. The van der Waals surface area contributed by atoms with E-state index in [2.05, 4.69) is 6.92 Å². The monoisotopic (exact) mass is 174 g/mol. The number of hydrogen-bond donors (Lipinski definition) is 2. The van der Waals surface area contributed by atoms with E-state index in [0.717, 1.165) is 25.7 Å². The first-order valence-electron chi connectivity index (χ1n) is 5.10. The first-order chi connectivity index (χ1) is 5.81. The van der Waals surface area contributed by atoms with Crippen LogP contribution in [0.2, 0.25) is 0 Å². The minimum Gasteiger partial charge on any atom is -0.396 e. The molecule has 1 atom stereocenters. The van der Waals surface area contributed by atoms with Gasteiger partial charge in [-0.3, -0.25) is 0 Å². The summed E-state index contributed by atoms with van der Waals surface area (Å²) in [7, 11) is 0. The first kappa shape index (κ1) is 11.9. The van der Waals surface area contributed by atoms with Gasteiger partial charge in [0.25, 0.3) is 0 Å². The molecule has 74 valence electrons. The predicted octanol–water partition coefficient (Wildman–Crippen LogP) is 2.09. The van der Waals surface area contributed by atoms with Crippen LogP contribution in [0.4, 0.5) is 0 Å². The third-order valence-electron chi connectivity index (χ3n) is 2.09. The van der Waals surface area contributed by atoms with Crippen molar-refractivity contribution in [1.29, 1.82) is 0 Å². The summed E-state index contributed by atoms with van der Waals surface area (Å²) in [5.74, 6) is 0. The van der Waals surface area contributed by atoms with Crippen molar-refractivity contribution in [3.8, 4) is 0 Å². The van der Waals surface area contributed by atoms with Crippen LogP contribution in [0.5, 0.6) is 0 Å². The van der Waals surface area contributed by atoms with Gasteiger partial charge in [0.05, 0.1) is 6.10 Å². The smallest absolute Gasteiger partial charge is 0.0541 e. The van der Waals surface area contributed by atoms with Crippen molar-refractivity contribution in [3.05, 3.63) is 0 Å². The Morgan fingerprint density at radius 1 is 1.00 bits per heavy atom. The van der Waals surface area contributed by atoms with Crippen molar-refractivity contribution >= 4 is 0 Å². The van der Waals surface area contributed by atoms with E-state index in [1.165, 1.54) is 19.3 Å². The second-order valence-electron chi connectivity index (χ2n) is 3.37. The summed E-state index contributed by atoms with van der Waals surface area (Å²) in [5, 5.41) is 17.9. The van der Waals surface area contributed by atoms with Crippen molar-refractivity contribution in [2.45, 2.75) is 58.0 Å². The quantitative estimate of drug-likeness (QED) is 0.553. The van der Waals surface area contributed by atoms with Gasteiger partial charge in [-0.05, 0) is 19.3 Å². The molecule has 0 aliphatic carbocycles. The molecule has 0 saturated heterocycles. The van der Waals surface area contributed by atoms with E-state index in [9.17, 15) is 5.11 Å². The topological polar surface area (TPSA) is 40.5 Å². The maximum atomic E-state index is 9.37. The van der Waals surface area contributed by atoms with Gasteiger partial charge in [-0.1, -0.05) is 32.6 Å². The second-order valence-corrected chi connectivity index (χ2v) is 3.37. The molecular formula is C10H22O2. The lowest BCUT2D eigenvalue weighted by Crippen LogP contribution is -2.06. The predicted molar refractivity (Wildman–Crippen MR) is 51.1 cm³/mol. The largest absolute Gasteiger partial charge is 0.396 e. The molecule has 0 aromatic rings. The average molecular weight is 174 g/mol. The van der Waals surface area contributed by atoms with Crippen molar-refractivity contribution in [1.82, 2.24) is 0 Å². The van der Waals surface area contributed by atoms with E-state index in [1.54, 1.807) is 0 Å². The molecule has 0 unspecified atom stereocenters. The summed E-state index contributed by atoms with van der Waals surface area (Å²) in [4.78, 5) is 0. The zero-order chi connectivity index (χ0) is 9.23. The van der Waals surface area contributed by atoms with Gasteiger partial charge < -0.3 is 10.2 Å². The van der Waals surface area contributed by atoms with Crippen LogP contribution >= 0.6 is 0 Å². The number of unbranched alkanes of at least 4 members (excludes halogenated alkanes) is 3. The van der Waals surface area contributed by atoms with Crippen LogP contribution in [0.15, 0.2) is 0 Å². The zero-order valence-corrected chi connectivity index (χ0v) is 8.13.